The maximum absolute atomic E-state index is 13.7. The number of ether oxygens (including phenoxy) is 1. The number of rotatable bonds is 3. The third kappa shape index (κ3) is 2.73. The Morgan fingerprint density at radius 3 is 2.30 bits per heavy atom. The normalized spacial score (nSPS) is 12.3. The van der Waals surface area contributed by atoms with Gasteiger partial charge in [0.2, 0.25) is 0 Å². The van der Waals surface area contributed by atoms with Crippen LogP contribution in [0.15, 0.2) is 30.3 Å². The van der Waals surface area contributed by atoms with Crippen molar-refractivity contribution in [3.8, 4) is 5.75 Å². The van der Waals surface area contributed by atoms with Gasteiger partial charge in [-0.05, 0) is 24.3 Å². The van der Waals surface area contributed by atoms with Crippen LogP contribution in [0.25, 0.3) is 0 Å². The van der Waals surface area contributed by atoms with Crippen molar-refractivity contribution >= 4 is 11.6 Å². The fraction of sp³-hybridized carbons (Fsp3) is 0.143. The molecule has 0 aliphatic carbocycles. The summed E-state index contributed by atoms with van der Waals surface area (Å²) in [6, 6.07) is 4.80. The molecule has 0 bridgehead atoms. The van der Waals surface area contributed by atoms with Crippen molar-refractivity contribution in [2.45, 2.75) is 6.04 Å². The first-order valence-electron chi connectivity index (χ1n) is 5.67. The quantitative estimate of drug-likeness (QED) is 0.875. The van der Waals surface area contributed by atoms with Crippen molar-refractivity contribution in [2.24, 2.45) is 5.73 Å². The number of hydrogen-bond donors (Lipinski definition) is 1. The van der Waals surface area contributed by atoms with Crippen molar-refractivity contribution in [1.29, 1.82) is 0 Å². The molecule has 1 unspecified atom stereocenters. The molecule has 0 aliphatic rings. The van der Waals surface area contributed by atoms with E-state index in [1.54, 1.807) is 12.1 Å². The van der Waals surface area contributed by atoms with Crippen molar-refractivity contribution in [1.82, 2.24) is 0 Å². The number of benzene rings is 2. The maximum Gasteiger partial charge on any atom is 0.161 e. The molecule has 6 heteroatoms. The van der Waals surface area contributed by atoms with Gasteiger partial charge >= 0.3 is 0 Å². The Bertz CT molecular complexity index is 649. The highest BCUT2D eigenvalue weighted by molar-refractivity contribution is 6.30. The van der Waals surface area contributed by atoms with Gasteiger partial charge in [-0.3, -0.25) is 0 Å². The Labute approximate surface area is 118 Å². The molecule has 2 aromatic carbocycles. The molecule has 0 amide bonds. The van der Waals surface area contributed by atoms with E-state index in [1.165, 1.54) is 13.2 Å². The molecule has 106 valence electrons. The summed E-state index contributed by atoms with van der Waals surface area (Å²) in [5.74, 6) is -2.99. The van der Waals surface area contributed by atoms with Gasteiger partial charge in [0.25, 0.3) is 0 Å². The van der Waals surface area contributed by atoms with Crippen molar-refractivity contribution < 1.29 is 17.9 Å². The van der Waals surface area contributed by atoms with Crippen molar-refractivity contribution in [3.63, 3.8) is 0 Å². The molecule has 0 saturated carbocycles. The zero-order valence-electron chi connectivity index (χ0n) is 10.5. The topological polar surface area (TPSA) is 35.2 Å². The molecular weight excluding hydrogens is 291 g/mol. The lowest BCUT2D eigenvalue weighted by atomic mass is 9.98. The number of methoxy groups -OCH3 is 1. The molecule has 0 saturated heterocycles. The Morgan fingerprint density at radius 1 is 1.00 bits per heavy atom. The van der Waals surface area contributed by atoms with Crippen molar-refractivity contribution in [3.05, 3.63) is 63.9 Å². The molecule has 0 spiro atoms. The lowest BCUT2D eigenvalue weighted by molar-refractivity contribution is 0.407. The van der Waals surface area contributed by atoms with Crippen LogP contribution in [0.3, 0.4) is 0 Å². The van der Waals surface area contributed by atoms with Crippen LogP contribution < -0.4 is 10.5 Å². The average Bonchev–Trinajstić information content (AvgIpc) is 2.42. The first-order chi connectivity index (χ1) is 9.43. The van der Waals surface area contributed by atoms with Gasteiger partial charge in [0, 0.05) is 22.2 Å². The van der Waals surface area contributed by atoms with E-state index in [1.807, 2.05) is 0 Å². The van der Waals surface area contributed by atoms with Crippen molar-refractivity contribution in [2.75, 3.05) is 7.11 Å². The maximum atomic E-state index is 13.7. The van der Waals surface area contributed by atoms with E-state index in [0.717, 1.165) is 6.07 Å². The van der Waals surface area contributed by atoms with E-state index in [4.69, 9.17) is 22.1 Å². The molecule has 2 nitrogen and oxygen atoms in total. The Kier molecular flexibility index (Phi) is 4.20. The van der Waals surface area contributed by atoms with Gasteiger partial charge in [-0.15, -0.1) is 0 Å². The Hall–Kier alpha value is -1.72. The van der Waals surface area contributed by atoms with E-state index < -0.39 is 23.5 Å². The largest absolute Gasteiger partial charge is 0.496 e. The van der Waals surface area contributed by atoms with Gasteiger partial charge in [-0.1, -0.05) is 11.6 Å². The van der Waals surface area contributed by atoms with Gasteiger partial charge in [-0.25, -0.2) is 13.2 Å². The predicted octanol–water partition coefficient (Wildman–Crippen LogP) is 3.81. The van der Waals surface area contributed by atoms with Gasteiger partial charge in [0.15, 0.2) is 11.6 Å². The van der Waals surface area contributed by atoms with Crippen LogP contribution >= 0.6 is 11.6 Å². The van der Waals surface area contributed by atoms with Gasteiger partial charge < -0.3 is 10.5 Å². The first-order valence-corrected chi connectivity index (χ1v) is 6.05. The predicted molar refractivity (Wildman–Crippen MR) is 70.4 cm³/mol. The molecular formula is C14H11ClF3NO. The summed E-state index contributed by atoms with van der Waals surface area (Å²) in [6.07, 6.45) is 0. The highest BCUT2D eigenvalue weighted by Gasteiger charge is 2.20. The van der Waals surface area contributed by atoms with Gasteiger partial charge in [-0.2, -0.15) is 0 Å². The van der Waals surface area contributed by atoms with Crippen LogP contribution in [0.2, 0.25) is 5.02 Å². The minimum Gasteiger partial charge on any atom is -0.496 e. The number of halogens is 4. The SMILES string of the molecule is COc1ccc(Cl)cc1C(N)c1cc(F)c(F)cc1F. The highest BCUT2D eigenvalue weighted by atomic mass is 35.5. The minimum atomic E-state index is -1.27. The summed E-state index contributed by atoms with van der Waals surface area (Å²) >= 11 is 5.86. The third-order valence-electron chi connectivity index (χ3n) is 2.90. The molecule has 1 atom stereocenters. The minimum absolute atomic E-state index is 0.176. The molecule has 0 fully saturated rings. The second kappa shape index (κ2) is 5.73. The standard InChI is InChI=1S/C14H11ClF3NO/c1-20-13-3-2-7(15)4-9(13)14(19)8-5-11(17)12(18)6-10(8)16/h2-6,14H,19H2,1H3. The molecule has 20 heavy (non-hydrogen) atoms. The number of hydrogen-bond acceptors (Lipinski definition) is 2. The summed E-state index contributed by atoms with van der Waals surface area (Å²) in [6.45, 7) is 0. The smallest absolute Gasteiger partial charge is 0.161 e. The van der Waals surface area contributed by atoms with Gasteiger partial charge in [0.05, 0.1) is 13.2 Å². The van der Waals surface area contributed by atoms with Crippen LogP contribution in [-0.4, -0.2) is 7.11 Å². The summed E-state index contributed by atoms with van der Waals surface area (Å²) in [7, 11) is 1.42. The molecule has 2 rings (SSSR count). The lowest BCUT2D eigenvalue weighted by Crippen LogP contribution is -2.15. The molecule has 0 radical (unpaired) electrons. The van der Waals surface area contributed by atoms with Crippen LogP contribution in [0, 0.1) is 17.5 Å². The van der Waals surface area contributed by atoms with E-state index in [-0.39, 0.29) is 5.56 Å². The van der Waals surface area contributed by atoms with E-state index in [2.05, 4.69) is 0 Å². The molecule has 0 aromatic heterocycles. The van der Waals surface area contributed by atoms with Crippen LogP contribution in [0.4, 0.5) is 13.2 Å². The molecule has 2 N–H and O–H groups in total. The molecule has 0 aliphatic heterocycles. The zero-order valence-corrected chi connectivity index (χ0v) is 11.2. The fourth-order valence-corrected chi connectivity index (χ4v) is 2.07. The third-order valence-corrected chi connectivity index (χ3v) is 3.14. The lowest BCUT2D eigenvalue weighted by Gasteiger charge is -2.17. The summed E-state index contributed by atoms with van der Waals surface area (Å²) in [5.41, 5.74) is 6.12. The Balaban J connectivity index is 2.54. The van der Waals surface area contributed by atoms with E-state index in [9.17, 15) is 13.2 Å². The molecule has 0 heterocycles. The second-order valence-corrected chi connectivity index (χ2v) is 4.59. The fourth-order valence-electron chi connectivity index (χ4n) is 1.89. The average molecular weight is 302 g/mol. The Morgan fingerprint density at radius 2 is 1.65 bits per heavy atom. The monoisotopic (exact) mass is 301 g/mol. The zero-order chi connectivity index (χ0) is 14.9. The summed E-state index contributed by atoms with van der Waals surface area (Å²) < 4.78 is 45.0. The molecule has 2 aromatic rings. The highest BCUT2D eigenvalue weighted by Crippen LogP contribution is 2.32. The van der Waals surface area contributed by atoms with Crippen LogP contribution in [0.1, 0.15) is 17.2 Å². The van der Waals surface area contributed by atoms with Gasteiger partial charge in [0.1, 0.15) is 11.6 Å². The van der Waals surface area contributed by atoms with Crippen LogP contribution in [0.5, 0.6) is 5.75 Å². The first kappa shape index (κ1) is 14.7. The van der Waals surface area contributed by atoms with Crippen LogP contribution in [-0.2, 0) is 0 Å². The number of nitrogens with two attached hydrogens (primary N) is 1. The summed E-state index contributed by atoms with van der Waals surface area (Å²) in [4.78, 5) is 0. The van der Waals surface area contributed by atoms with E-state index in [0.29, 0.717) is 22.4 Å². The second-order valence-electron chi connectivity index (χ2n) is 4.15. The summed E-state index contributed by atoms with van der Waals surface area (Å²) in [5, 5.41) is 0.374. The van der Waals surface area contributed by atoms with E-state index >= 15 is 0 Å².